The van der Waals surface area contributed by atoms with Gasteiger partial charge < -0.3 is 10.6 Å². The van der Waals surface area contributed by atoms with Crippen LogP contribution in [-0.4, -0.2) is 40.9 Å². The molecule has 18 heavy (non-hydrogen) atoms. The molecule has 2 rings (SSSR count). The van der Waals surface area contributed by atoms with E-state index in [1.54, 1.807) is 0 Å². The lowest BCUT2D eigenvalue weighted by molar-refractivity contribution is -0.138. The fourth-order valence-corrected chi connectivity index (χ4v) is 4.22. The highest BCUT2D eigenvalue weighted by atomic mass is 32.2. The predicted octanol–water partition coefficient (Wildman–Crippen LogP) is 2.10. The maximum absolute atomic E-state index is 12.6. The Kier molecular flexibility index (Phi) is 4.96. The zero-order valence-corrected chi connectivity index (χ0v) is 12.4. The number of hydrogen-bond donors (Lipinski definition) is 1. The van der Waals surface area contributed by atoms with Gasteiger partial charge in [0.2, 0.25) is 5.91 Å². The van der Waals surface area contributed by atoms with Crippen molar-refractivity contribution < 1.29 is 4.79 Å². The highest BCUT2D eigenvalue weighted by Gasteiger charge is 2.34. The monoisotopic (exact) mass is 270 g/mol. The van der Waals surface area contributed by atoms with Gasteiger partial charge in [-0.3, -0.25) is 4.79 Å². The molecule has 2 unspecified atom stereocenters. The molecule has 3 nitrogen and oxygen atoms in total. The van der Waals surface area contributed by atoms with E-state index in [1.165, 1.54) is 0 Å². The first kappa shape index (κ1) is 14.2. The molecule has 2 aliphatic rings. The first-order valence-electron chi connectivity index (χ1n) is 7.25. The van der Waals surface area contributed by atoms with Crippen LogP contribution >= 0.6 is 11.8 Å². The van der Waals surface area contributed by atoms with Crippen molar-refractivity contribution in [2.24, 2.45) is 17.6 Å². The lowest BCUT2D eigenvalue weighted by atomic mass is 9.81. The summed E-state index contributed by atoms with van der Waals surface area (Å²) < 4.78 is 0. The highest BCUT2D eigenvalue weighted by molar-refractivity contribution is 8.00. The average molecular weight is 270 g/mol. The van der Waals surface area contributed by atoms with Crippen LogP contribution in [0.2, 0.25) is 0 Å². The zero-order valence-electron chi connectivity index (χ0n) is 11.6. The second-order valence-electron chi connectivity index (χ2n) is 5.80. The number of rotatable bonds is 2. The number of hydrogen-bond acceptors (Lipinski definition) is 3. The van der Waals surface area contributed by atoms with E-state index in [-0.39, 0.29) is 5.92 Å². The van der Waals surface area contributed by atoms with Crippen molar-refractivity contribution in [1.82, 2.24) is 4.90 Å². The topological polar surface area (TPSA) is 46.3 Å². The Balaban J connectivity index is 1.91. The smallest absolute Gasteiger partial charge is 0.225 e. The molecule has 0 spiro atoms. The molecule has 0 bridgehead atoms. The summed E-state index contributed by atoms with van der Waals surface area (Å²) in [4.78, 5) is 14.7. The summed E-state index contributed by atoms with van der Waals surface area (Å²) in [6, 6.07) is 0.392. The van der Waals surface area contributed by atoms with Crippen LogP contribution in [0.5, 0.6) is 0 Å². The van der Waals surface area contributed by atoms with Gasteiger partial charge in [0.15, 0.2) is 0 Å². The number of thioether (sulfide) groups is 1. The fourth-order valence-electron chi connectivity index (χ4n) is 3.12. The lowest BCUT2D eigenvalue weighted by Crippen LogP contribution is -2.50. The standard InChI is InChI=1S/C14H26N2OS/c1-10-11(2)18-8-7-16(10)14(17)13-5-3-12(9-15)4-6-13/h10-13H,3-9,15H2,1-2H3. The molecular weight excluding hydrogens is 244 g/mol. The van der Waals surface area contributed by atoms with Crippen molar-refractivity contribution in [1.29, 1.82) is 0 Å². The predicted molar refractivity (Wildman–Crippen MR) is 77.6 cm³/mol. The summed E-state index contributed by atoms with van der Waals surface area (Å²) >= 11 is 1.99. The second kappa shape index (κ2) is 6.29. The molecule has 1 aliphatic heterocycles. The Labute approximate surface area is 115 Å². The maximum atomic E-state index is 12.6. The van der Waals surface area contributed by atoms with Crippen LogP contribution in [0.25, 0.3) is 0 Å². The van der Waals surface area contributed by atoms with Gasteiger partial charge in [-0.2, -0.15) is 11.8 Å². The van der Waals surface area contributed by atoms with Crippen LogP contribution in [-0.2, 0) is 4.79 Å². The van der Waals surface area contributed by atoms with Gasteiger partial charge in [0.05, 0.1) is 0 Å². The molecule has 2 atom stereocenters. The minimum Gasteiger partial charge on any atom is -0.338 e. The van der Waals surface area contributed by atoms with Crippen LogP contribution in [0, 0.1) is 11.8 Å². The maximum Gasteiger partial charge on any atom is 0.225 e. The molecule has 2 N–H and O–H groups in total. The SMILES string of the molecule is CC1SCCN(C(=O)C2CCC(CN)CC2)C1C. The molecular formula is C14H26N2OS. The van der Waals surface area contributed by atoms with Gasteiger partial charge in [0.1, 0.15) is 0 Å². The van der Waals surface area contributed by atoms with Gasteiger partial charge in [-0.05, 0) is 45.1 Å². The van der Waals surface area contributed by atoms with Crippen molar-refractivity contribution >= 4 is 17.7 Å². The Bertz CT molecular complexity index is 290. The summed E-state index contributed by atoms with van der Waals surface area (Å²) in [7, 11) is 0. The number of amides is 1. The number of nitrogens with zero attached hydrogens (tertiary/aromatic N) is 1. The zero-order chi connectivity index (χ0) is 13.1. The van der Waals surface area contributed by atoms with E-state index < -0.39 is 0 Å². The molecule has 1 saturated heterocycles. The highest BCUT2D eigenvalue weighted by Crippen LogP contribution is 2.32. The average Bonchev–Trinajstić information content (AvgIpc) is 2.41. The molecule has 0 aromatic heterocycles. The van der Waals surface area contributed by atoms with Crippen LogP contribution in [0.15, 0.2) is 0 Å². The molecule has 4 heteroatoms. The molecule has 0 radical (unpaired) electrons. The number of carbonyl (C=O) groups excluding carboxylic acids is 1. The first-order valence-corrected chi connectivity index (χ1v) is 8.30. The largest absolute Gasteiger partial charge is 0.338 e. The number of nitrogens with two attached hydrogens (primary N) is 1. The molecule has 2 fully saturated rings. The molecule has 1 amide bonds. The van der Waals surface area contributed by atoms with Crippen LogP contribution in [0.3, 0.4) is 0 Å². The number of carbonyl (C=O) groups is 1. The summed E-state index contributed by atoms with van der Waals surface area (Å²) in [6.07, 6.45) is 4.37. The minimum absolute atomic E-state index is 0.269. The van der Waals surface area contributed by atoms with Crippen molar-refractivity contribution in [3.63, 3.8) is 0 Å². The van der Waals surface area contributed by atoms with Crippen LogP contribution < -0.4 is 5.73 Å². The molecule has 1 aliphatic carbocycles. The van der Waals surface area contributed by atoms with Gasteiger partial charge in [0, 0.05) is 29.5 Å². The molecule has 104 valence electrons. The molecule has 0 aromatic rings. The Morgan fingerprint density at radius 3 is 2.56 bits per heavy atom. The van der Waals surface area contributed by atoms with E-state index in [1.807, 2.05) is 11.8 Å². The van der Waals surface area contributed by atoms with E-state index >= 15 is 0 Å². The van der Waals surface area contributed by atoms with Crippen molar-refractivity contribution in [3.05, 3.63) is 0 Å². The van der Waals surface area contributed by atoms with Gasteiger partial charge in [-0.15, -0.1) is 0 Å². The summed E-state index contributed by atoms with van der Waals surface area (Å²) in [6.45, 7) is 6.15. The van der Waals surface area contributed by atoms with E-state index in [2.05, 4.69) is 18.7 Å². The normalized spacial score (nSPS) is 37.6. The Morgan fingerprint density at radius 1 is 1.28 bits per heavy atom. The Morgan fingerprint density at radius 2 is 1.94 bits per heavy atom. The Hall–Kier alpha value is -0.220. The van der Waals surface area contributed by atoms with E-state index in [0.717, 1.165) is 44.5 Å². The van der Waals surface area contributed by atoms with Crippen molar-refractivity contribution in [3.8, 4) is 0 Å². The quantitative estimate of drug-likeness (QED) is 0.836. The van der Waals surface area contributed by atoms with Gasteiger partial charge in [0.25, 0.3) is 0 Å². The van der Waals surface area contributed by atoms with E-state index in [9.17, 15) is 4.79 Å². The van der Waals surface area contributed by atoms with Crippen molar-refractivity contribution in [2.75, 3.05) is 18.8 Å². The van der Waals surface area contributed by atoms with Gasteiger partial charge >= 0.3 is 0 Å². The summed E-state index contributed by atoms with van der Waals surface area (Å²) in [5.74, 6) is 2.42. The van der Waals surface area contributed by atoms with Crippen LogP contribution in [0.1, 0.15) is 39.5 Å². The fraction of sp³-hybridized carbons (Fsp3) is 0.929. The lowest BCUT2D eigenvalue weighted by Gasteiger charge is -2.40. The van der Waals surface area contributed by atoms with Crippen molar-refractivity contribution in [2.45, 2.75) is 50.8 Å². The summed E-state index contributed by atoms with van der Waals surface area (Å²) in [5.41, 5.74) is 5.71. The second-order valence-corrected chi connectivity index (χ2v) is 7.29. The van der Waals surface area contributed by atoms with Gasteiger partial charge in [-0.25, -0.2) is 0 Å². The molecule has 1 heterocycles. The minimum atomic E-state index is 0.269. The van der Waals surface area contributed by atoms with Crippen LogP contribution in [0.4, 0.5) is 0 Å². The third-order valence-electron chi connectivity index (χ3n) is 4.70. The third kappa shape index (κ3) is 3.02. The van der Waals surface area contributed by atoms with E-state index in [4.69, 9.17) is 5.73 Å². The van der Waals surface area contributed by atoms with Gasteiger partial charge in [-0.1, -0.05) is 6.92 Å². The molecule has 1 saturated carbocycles. The third-order valence-corrected chi connectivity index (χ3v) is 6.03. The summed E-state index contributed by atoms with van der Waals surface area (Å²) in [5, 5.41) is 0.572. The first-order chi connectivity index (χ1) is 8.63. The van der Waals surface area contributed by atoms with E-state index in [0.29, 0.717) is 23.1 Å². The molecule has 0 aromatic carbocycles.